The van der Waals surface area contributed by atoms with E-state index in [9.17, 15) is 9.90 Å². The largest absolute Gasteiger partial charge is 0.508 e. The van der Waals surface area contributed by atoms with E-state index >= 15 is 0 Å². The van der Waals surface area contributed by atoms with E-state index in [0.717, 1.165) is 9.35 Å². The molecule has 0 radical (unpaired) electrons. The highest BCUT2D eigenvalue weighted by atomic mass is 79.9. The zero-order valence-electron chi connectivity index (χ0n) is 9.84. The van der Waals surface area contributed by atoms with Gasteiger partial charge in [0, 0.05) is 0 Å². The molecule has 1 amide bonds. The summed E-state index contributed by atoms with van der Waals surface area (Å²) in [7, 11) is 0. The zero-order chi connectivity index (χ0) is 13.8. The molecule has 0 unspecified atom stereocenters. The van der Waals surface area contributed by atoms with Crippen LogP contribution in [0.2, 0.25) is 0 Å². The van der Waals surface area contributed by atoms with E-state index in [-0.39, 0.29) is 11.7 Å². The van der Waals surface area contributed by atoms with Gasteiger partial charge in [-0.15, -0.1) is 0 Å². The maximum atomic E-state index is 11.9. The Labute approximate surface area is 122 Å². The molecule has 0 aliphatic rings. The number of carbonyl (C=O) groups excluding carboxylic acids is 1. The first-order valence-electron chi connectivity index (χ1n) is 5.50. The average molecular weight is 342 g/mol. The Kier molecular flexibility index (Phi) is 4.52. The van der Waals surface area contributed by atoms with Crippen molar-refractivity contribution in [1.29, 1.82) is 0 Å². The molecule has 0 spiro atoms. The number of thiazole rings is 1. The number of anilines is 1. The molecule has 5 nitrogen and oxygen atoms in total. The number of hydrogen-bond donors (Lipinski definition) is 3. The van der Waals surface area contributed by atoms with Crippen LogP contribution in [0.5, 0.6) is 5.75 Å². The molecule has 1 atom stereocenters. The van der Waals surface area contributed by atoms with Crippen molar-refractivity contribution in [1.82, 2.24) is 4.98 Å². The number of benzene rings is 1. The van der Waals surface area contributed by atoms with Crippen molar-refractivity contribution >= 4 is 38.3 Å². The van der Waals surface area contributed by atoms with E-state index in [1.807, 2.05) is 0 Å². The SMILES string of the molecule is N[C@@H](Cc1ccc(O)cc1)C(=O)Nc1ncc(Br)s1. The lowest BCUT2D eigenvalue weighted by Gasteiger charge is -2.10. The molecule has 4 N–H and O–H groups in total. The molecular formula is C12H12BrN3O2S. The zero-order valence-corrected chi connectivity index (χ0v) is 12.2. The Balaban J connectivity index is 1.94. The summed E-state index contributed by atoms with van der Waals surface area (Å²) >= 11 is 4.60. The minimum absolute atomic E-state index is 0.189. The van der Waals surface area contributed by atoms with Gasteiger partial charge >= 0.3 is 0 Å². The van der Waals surface area contributed by atoms with E-state index in [1.165, 1.54) is 11.3 Å². The first kappa shape index (κ1) is 14.0. The Hall–Kier alpha value is -1.44. The minimum atomic E-state index is -0.660. The van der Waals surface area contributed by atoms with Crippen LogP contribution in [0.4, 0.5) is 5.13 Å². The number of halogens is 1. The van der Waals surface area contributed by atoms with Gasteiger partial charge in [-0.1, -0.05) is 23.5 Å². The molecule has 0 saturated heterocycles. The molecule has 0 aliphatic heterocycles. The summed E-state index contributed by atoms with van der Waals surface area (Å²) in [6, 6.07) is 5.95. The van der Waals surface area contributed by atoms with Crippen molar-refractivity contribution in [3.8, 4) is 5.75 Å². The molecule has 2 rings (SSSR count). The number of nitrogens with zero attached hydrogens (tertiary/aromatic N) is 1. The second-order valence-electron chi connectivity index (χ2n) is 3.94. The third-order valence-electron chi connectivity index (χ3n) is 2.44. The Morgan fingerprint density at radius 3 is 2.74 bits per heavy atom. The predicted molar refractivity (Wildman–Crippen MR) is 78.2 cm³/mol. The lowest BCUT2D eigenvalue weighted by Crippen LogP contribution is -2.37. The normalized spacial score (nSPS) is 12.1. The van der Waals surface area contributed by atoms with E-state index in [4.69, 9.17) is 5.73 Å². The molecule has 7 heteroatoms. The van der Waals surface area contributed by atoms with Crippen molar-refractivity contribution in [2.24, 2.45) is 5.73 Å². The molecule has 2 aromatic rings. The van der Waals surface area contributed by atoms with Crippen molar-refractivity contribution in [3.05, 3.63) is 39.8 Å². The minimum Gasteiger partial charge on any atom is -0.508 e. The van der Waals surface area contributed by atoms with Crippen molar-refractivity contribution in [2.45, 2.75) is 12.5 Å². The fourth-order valence-electron chi connectivity index (χ4n) is 1.49. The van der Waals surface area contributed by atoms with Crippen molar-refractivity contribution in [3.63, 3.8) is 0 Å². The highest BCUT2D eigenvalue weighted by Crippen LogP contribution is 2.23. The fraction of sp³-hybridized carbons (Fsp3) is 0.167. The van der Waals surface area contributed by atoms with E-state index < -0.39 is 6.04 Å². The Morgan fingerprint density at radius 2 is 2.16 bits per heavy atom. The van der Waals surface area contributed by atoms with Crippen LogP contribution < -0.4 is 11.1 Å². The highest BCUT2D eigenvalue weighted by molar-refractivity contribution is 9.11. The van der Waals surface area contributed by atoms with Gasteiger partial charge < -0.3 is 16.2 Å². The summed E-state index contributed by atoms with van der Waals surface area (Å²) in [6.45, 7) is 0. The second-order valence-corrected chi connectivity index (χ2v) is 6.35. The van der Waals surface area contributed by atoms with Crippen LogP contribution in [0.3, 0.4) is 0 Å². The number of rotatable bonds is 4. The van der Waals surface area contributed by atoms with Crippen LogP contribution in [-0.2, 0) is 11.2 Å². The van der Waals surface area contributed by atoms with Crippen LogP contribution in [0.1, 0.15) is 5.56 Å². The lowest BCUT2D eigenvalue weighted by molar-refractivity contribution is -0.117. The maximum absolute atomic E-state index is 11.9. The van der Waals surface area contributed by atoms with Crippen LogP contribution in [0.25, 0.3) is 0 Å². The van der Waals surface area contributed by atoms with Crippen LogP contribution in [0.15, 0.2) is 34.2 Å². The number of amides is 1. The second kappa shape index (κ2) is 6.14. The summed E-state index contributed by atoms with van der Waals surface area (Å²) in [5, 5.41) is 12.3. The van der Waals surface area contributed by atoms with Gasteiger partial charge in [-0.2, -0.15) is 0 Å². The molecule has 0 aliphatic carbocycles. The maximum Gasteiger partial charge on any atom is 0.243 e. The number of carbonyl (C=O) groups is 1. The first-order valence-corrected chi connectivity index (χ1v) is 7.11. The molecule has 1 aromatic heterocycles. The molecule has 1 aromatic carbocycles. The Morgan fingerprint density at radius 1 is 1.47 bits per heavy atom. The predicted octanol–water partition coefficient (Wildman–Crippen LogP) is 2.12. The van der Waals surface area contributed by atoms with Gasteiger partial charge in [-0.05, 0) is 40.0 Å². The molecule has 0 saturated carbocycles. The van der Waals surface area contributed by atoms with Crippen LogP contribution in [0, 0.1) is 0 Å². The van der Waals surface area contributed by atoms with Crippen molar-refractivity contribution in [2.75, 3.05) is 5.32 Å². The lowest BCUT2D eigenvalue weighted by atomic mass is 10.1. The molecule has 19 heavy (non-hydrogen) atoms. The van der Waals surface area contributed by atoms with Crippen LogP contribution in [-0.4, -0.2) is 22.0 Å². The fourth-order valence-corrected chi connectivity index (χ4v) is 2.60. The van der Waals surface area contributed by atoms with Gasteiger partial charge in [0.2, 0.25) is 5.91 Å². The molecule has 1 heterocycles. The number of aromatic nitrogens is 1. The van der Waals surface area contributed by atoms with Crippen molar-refractivity contribution < 1.29 is 9.90 Å². The summed E-state index contributed by atoms with van der Waals surface area (Å²) < 4.78 is 0.843. The molecular weight excluding hydrogens is 330 g/mol. The summed E-state index contributed by atoms with van der Waals surface area (Å²) in [4.78, 5) is 15.9. The third-order valence-corrected chi connectivity index (χ3v) is 3.83. The smallest absolute Gasteiger partial charge is 0.243 e. The van der Waals surface area contributed by atoms with Gasteiger partial charge in [0.15, 0.2) is 5.13 Å². The average Bonchev–Trinajstić information content (AvgIpc) is 2.77. The first-order chi connectivity index (χ1) is 9.04. The number of nitrogens with one attached hydrogen (secondary N) is 1. The standard InChI is InChI=1S/C12H12BrN3O2S/c13-10-6-15-12(19-10)16-11(18)9(14)5-7-1-3-8(17)4-2-7/h1-4,6,9,17H,5,14H2,(H,15,16,18)/t9-/m0/s1. The number of aromatic hydroxyl groups is 1. The topological polar surface area (TPSA) is 88.2 Å². The van der Waals surface area contributed by atoms with Gasteiger partial charge in [0.05, 0.1) is 16.0 Å². The summed E-state index contributed by atoms with van der Waals surface area (Å²) in [6.07, 6.45) is 2.02. The monoisotopic (exact) mass is 341 g/mol. The highest BCUT2D eigenvalue weighted by Gasteiger charge is 2.15. The van der Waals surface area contributed by atoms with Gasteiger partial charge in [0.1, 0.15) is 5.75 Å². The number of nitrogens with two attached hydrogens (primary N) is 1. The third kappa shape index (κ3) is 4.02. The van der Waals surface area contributed by atoms with E-state index in [0.29, 0.717) is 11.6 Å². The number of phenolic OH excluding ortho intramolecular Hbond substituents is 1. The van der Waals surface area contributed by atoms with E-state index in [2.05, 4.69) is 26.2 Å². The summed E-state index contributed by atoms with van der Waals surface area (Å²) in [5.74, 6) is -0.0932. The Bertz CT molecular complexity index is 571. The van der Waals surface area contributed by atoms with E-state index in [1.54, 1.807) is 30.5 Å². The number of phenols is 1. The quantitative estimate of drug-likeness (QED) is 0.794. The number of hydrogen-bond acceptors (Lipinski definition) is 5. The van der Waals surface area contributed by atoms with Crippen LogP contribution >= 0.6 is 27.3 Å². The van der Waals surface area contributed by atoms with Gasteiger partial charge in [-0.3, -0.25) is 4.79 Å². The van der Waals surface area contributed by atoms with Gasteiger partial charge in [-0.25, -0.2) is 4.98 Å². The van der Waals surface area contributed by atoms with Gasteiger partial charge in [0.25, 0.3) is 0 Å². The molecule has 0 bridgehead atoms. The summed E-state index contributed by atoms with van der Waals surface area (Å²) in [5.41, 5.74) is 6.72. The molecule has 0 fully saturated rings. The molecule has 100 valence electrons.